The van der Waals surface area contributed by atoms with Crippen molar-refractivity contribution in [3.8, 4) is 0 Å². The lowest BCUT2D eigenvalue weighted by Gasteiger charge is -2.32. The zero-order valence-corrected chi connectivity index (χ0v) is 12.4. The summed E-state index contributed by atoms with van der Waals surface area (Å²) in [4.78, 5) is 11.6. The fourth-order valence-corrected chi connectivity index (χ4v) is 2.85. The number of hydrogen-bond acceptors (Lipinski definition) is 3. The molecule has 0 heterocycles. The highest BCUT2D eigenvalue weighted by Gasteiger charge is 2.34. The molecular formula is C16H24N2O2. The second kappa shape index (κ2) is 6.75. The van der Waals surface area contributed by atoms with Crippen LogP contribution >= 0.6 is 0 Å². The molecule has 4 nitrogen and oxygen atoms in total. The lowest BCUT2D eigenvalue weighted by Crippen LogP contribution is -2.47. The van der Waals surface area contributed by atoms with E-state index < -0.39 is 0 Å². The second-order valence-electron chi connectivity index (χ2n) is 5.64. The van der Waals surface area contributed by atoms with Crippen molar-refractivity contribution in [1.29, 1.82) is 0 Å². The van der Waals surface area contributed by atoms with Gasteiger partial charge in [-0.25, -0.2) is 0 Å². The Morgan fingerprint density at radius 1 is 1.30 bits per heavy atom. The van der Waals surface area contributed by atoms with Crippen molar-refractivity contribution in [2.75, 3.05) is 25.6 Å². The average molecular weight is 276 g/mol. The van der Waals surface area contributed by atoms with Gasteiger partial charge in [0.25, 0.3) is 0 Å². The standard InChI is InChI=1S/C16H24N2O2/c1-13-7-3-4-8-14(13)18-16(9-5-6-10-16)12-17-15(19)11-20-2/h3-4,7-8,18H,5-6,9-12H2,1-2H3,(H,17,19). The largest absolute Gasteiger partial charge is 0.378 e. The van der Waals surface area contributed by atoms with Gasteiger partial charge in [0.2, 0.25) is 5.91 Å². The first kappa shape index (κ1) is 14.9. The summed E-state index contributed by atoms with van der Waals surface area (Å²) in [6, 6.07) is 8.30. The average Bonchev–Trinajstić information content (AvgIpc) is 2.89. The van der Waals surface area contributed by atoms with E-state index in [4.69, 9.17) is 4.74 Å². The smallest absolute Gasteiger partial charge is 0.246 e. The number of carbonyl (C=O) groups excluding carboxylic acids is 1. The number of benzene rings is 1. The molecule has 4 heteroatoms. The molecule has 0 radical (unpaired) electrons. The van der Waals surface area contributed by atoms with E-state index in [1.807, 2.05) is 12.1 Å². The van der Waals surface area contributed by atoms with Gasteiger partial charge in [0, 0.05) is 19.3 Å². The molecule has 1 amide bonds. The van der Waals surface area contributed by atoms with Crippen molar-refractivity contribution in [1.82, 2.24) is 5.32 Å². The summed E-state index contributed by atoms with van der Waals surface area (Å²) < 4.78 is 4.86. The lowest BCUT2D eigenvalue weighted by molar-refractivity contribution is -0.124. The minimum absolute atomic E-state index is 0.0183. The zero-order valence-electron chi connectivity index (χ0n) is 12.4. The molecule has 2 rings (SSSR count). The summed E-state index contributed by atoms with van der Waals surface area (Å²) in [6.45, 7) is 2.89. The SMILES string of the molecule is COCC(=O)NCC1(Nc2ccccc2C)CCCC1. The van der Waals surface area contributed by atoms with E-state index in [1.165, 1.54) is 25.5 Å². The number of amides is 1. The number of rotatable bonds is 6. The van der Waals surface area contributed by atoms with Gasteiger partial charge in [-0.2, -0.15) is 0 Å². The first-order chi connectivity index (χ1) is 9.65. The predicted octanol–water partition coefficient (Wildman–Crippen LogP) is 2.48. The fourth-order valence-electron chi connectivity index (χ4n) is 2.85. The summed E-state index contributed by atoms with van der Waals surface area (Å²) in [5.74, 6) is -0.0506. The Labute approximate surface area is 120 Å². The first-order valence-corrected chi connectivity index (χ1v) is 7.25. The van der Waals surface area contributed by atoms with Gasteiger partial charge in [-0.1, -0.05) is 31.0 Å². The van der Waals surface area contributed by atoms with Crippen molar-refractivity contribution in [2.45, 2.75) is 38.1 Å². The third-order valence-electron chi connectivity index (χ3n) is 4.00. The van der Waals surface area contributed by atoms with Crippen LogP contribution in [0.25, 0.3) is 0 Å². The number of ether oxygens (including phenoxy) is 1. The van der Waals surface area contributed by atoms with Crippen LogP contribution in [0.3, 0.4) is 0 Å². The quantitative estimate of drug-likeness (QED) is 0.839. The molecule has 0 aromatic heterocycles. The van der Waals surface area contributed by atoms with E-state index in [0.29, 0.717) is 6.54 Å². The molecule has 20 heavy (non-hydrogen) atoms. The van der Waals surface area contributed by atoms with Crippen LogP contribution in [-0.2, 0) is 9.53 Å². The molecule has 2 N–H and O–H groups in total. The van der Waals surface area contributed by atoms with Crippen LogP contribution in [0.2, 0.25) is 0 Å². The minimum Gasteiger partial charge on any atom is -0.378 e. The van der Waals surface area contributed by atoms with Gasteiger partial charge in [-0.3, -0.25) is 4.79 Å². The van der Waals surface area contributed by atoms with Gasteiger partial charge < -0.3 is 15.4 Å². The van der Waals surface area contributed by atoms with E-state index >= 15 is 0 Å². The van der Waals surface area contributed by atoms with Crippen molar-refractivity contribution in [3.05, 3.63) is 29.8 Å². The number of methoxy groups -OCH3 is 1. The molecule has 1 aromatic rings. The summed E-state index contributed by atoms with van der Waals surface area (Å²) >= 11 is 0. The summed E-state index contributed by atoms with van der Waals surface area (Å²) in [6.07, 6.45) is 4.60. The highest BCUT2D eigenvalue weighted by atomic mass is 16.5. The van der Waals surface area contributed by atoms with Gasteiger partial charge in [0.1, 0.15) is 6.61 Å². The predicted molar refractivity (Wildman–Crippen MR) is 80.9 cm³/mol. The molecule has 1 saturated carbocycles. The van der Waals surface area contributed by atoms with E-state index in [1.54, 1.807) is 0 Å². The normalized spacial score (nSPS) is 16.9. The third kappa shape index (κ3) is 3.73. The lowest BCUT2D eigenvalue weighted by atomic mass is 9.96. The molecule has 1 aromatic carbocycles. The van der Waals surface area contributed by atoms with Crippen LogP contribution in [-0.4, -0.2) is 31.7 Å². The Balaban J connectivity index is 2.02. The van der Waals surface area contributed by atoms with Gasteiger partial charge in [0.05, 0.1) is 5.54 Å². The molecule has 1 aliphatic carbocycles. The van der Waals surface area contributed by atoms with E-state index in [-0.39, 0.29) is 18.1 Å². The van der Waals surface area contributed by atoms with E-state index in [2.05, 4.69) is 29.7 Å². The topological polar surface area (TPSA) is 50.4 Å². The van der Waals surface area contributed by atoms with Crippen molar-refractivity contribution in [2.24, 2.45) is 0 Å². The molecule has 1 fully saturated rings. The zero-order chi connectivity index (χ0) is 14.4. The Hall–Kier alpha value is -1.55. The van der Waals surface area contributed by atoms with E-state index in [9.17, 15) is 4.79 Å². The molecule has 110 valence electrons. The van der Waals surface area contributed by atoms with Crippen molar-refractivity contribution < 1.29 is 9.53 Å². The summed E-state index contributed by atoms with van der Waals surface area (Å²) in [5, 5.41) is 6.64. The Kier molecular flexibility index (Phi) is 5.01. The van der Waals surface area contributed by atoms with Gasteiger partial charge >= 0.3 is 0 Å². The Morgan fingerprint density at radius 2 is 2.00 bits per heavy atom. The highest BCUT2D eigenvalue weighted by Crippen LogP contribution is 2.33. The molecule has 0 aliphatic heterocycles. The van der Waals surface area contributed by atoms with E-state index in [0.717, 1.165) is 18.5 Å². The van der Waals surface area contributed by atoms with Crippen LogP contribution in [0.4, 0.5) is 5.69 Å². The number of anilines is 1. The number of nitrogens with one attached hydrogen (secondary N) is 2. The van der Waals surface area contributed by atoms with Crippen LogP contribution < -0.4 is 10.6 Å². The number of aryl methyl sites for hydroxylation is 1. The van der Waals surface area contributed by atoms with Crippen LogP contribution in [0.5, 0.6) is 0 Å². The summed E-state index contributed by atoms with van der Waals surface area (Å²) in [7, 11) is 1.54. The number of hydrogen-bond donors (Lipinski definition) is 2. The molecule has 0 unspecified atom stereocenters. The van der Waals surface area contributed by atoms with Crippen LogP contribution in [0.15, 0.2) is 24.3 Å². The molecule has 0 spiro atoms. The number of carbonyl (C=O) groups is 1. The third-order valence-corrected chi connectivity index (χ3v) is 4.00. The highest BCUT2D eigenvalue weighted by molar-refractivity contribution is 5.77. The van der Waals surface area contributed by atoms with Gasteiger partial charge in [-0.15, -0.1) is 0 Å². The van der Waals surface area contributed by atoms with Crippen LogP contribution in [0.1, 0.15) is 31.2 Å². The maximum atomic E-state index is 11.6. The molecule has 1 aliphatic rings. The van der Waals surface area contributed by atoms with Gasteiger partial charge in [0.15, 0.2) is 0 Å². The Morgan fingerprint density at radius 3 is 2.65 bits per heavy atom. The molecular weight excluding hydrogens is 252 g/mol. The molecule has 0 bridgehead atoms. The fraction of sp³-hybridized carbons (Fsp3) is 0.562. The summed E-state index contributed by atoms with van der Waals surface area (Å²) in [5.41, 5.74) is 2.38. The minimum atomic E-state index is -0.0506. The molecule has 0 atom stereocenters. The monoisotopic (exact) mass is 276 g/mol. The van der Waals surface area contributed by atoms with Crippen molar-refractivity contribution >= 4 is 11.6 Å². The maximum Gasteiger partial charge on any atom is 0.246 e. The maximum absolute atomic E-state index is 11.6. The van der Waals surface area contributed by atoms with Crippen molar-refractivity contribution in [3.63, 3.8) is 0 Å². The first-order valence-electron chi connectivity index (χ1n) is 7.25. The van der Waals surface area contributed by atoms with Crippen LogP contribution in [0, 0.1) is 6.92 Å². The molecule has 0 saturated heterocycles. The van der Waals surface area contributed by atoms with Gasteiger partial charge in [-0.05, 0) is 31.4 Å². The Bertz CT molecular complexity index is 454. The second-order valence-corrected chi connectivity index (χ2v) is 5.64. The number of para-hydroxylation sites is 1.